The van der Waals surface area contributed by atoms with Crippen LogP contribution >= 0.6 is 27.3 Å². The van der Waals surface area contributed by atoms with Crippen molar-refractivity contribution in [2.45, 2.75) is 6.42 Å². The van der Waals surface area contributed by atoms with Crippen molar-refractivity contribution >= 4 is 33.0 Å². The van der Waals surface area contributed by atoms with Crippen molar-refractivity contribution in [1.29, 1.82) is 0 Å². The molecule has 1 aromatic rings. The molecule has 0 aliphatic carbocycles. The van der Waals surface area contributed by atoms with Crippen LogP contribution in [0.2, 0.25) is 0 Å². The van der Waals surface area contributed by atoms with Gasteiger partial charge in [-0.1, -0.05) is 0 Å². The number of Topliss-reactive ketones (excluding diaryl/α,β-unsaturated/α-hetero) is 1. The van der Waals surface area contributed by atoms with E-state index in [4.69, 9.17) is 0 Å². The van der Waals surface area contributed by atoms with E-state index in [1.54, 1.807) is 0 Å². The Morgan fingerprint density at radius 1 is 1.50 bits per heavy atom. The lowest BCUT2D eigenvalue weighted by molar-refractivity contribution is 0.0938. The molecule has 1 saturated heterocycles. The summed E-state index contributed by atoms with van der Waals surface area (Å²) in [6, 6.07) is 1.93. The minimum absolute atomic E-state index is 0.226. The van der Waals surface area contributed by atoms with Crippen molar-refractivity contribution in [1.82, 2.24) is 10.2 Å². The van der Waals surface area contributed by atoms with Crippen molar-refractivity contribution in [2.75, 3.05) is 32.7 Å². The molecular formula is C11H15BrN2OS. The Morgan fingerprint density at radius 2 is 2.38 bits per heavy atom. The van der Waals surface area contributed by atoms with Crippen molar-refractivity contribution in [3.8, 4) is 0 Å². The third-order valence-electron chi connectivity index (χ3n) is 2.67. The second kappa shape index (κ2) is 5.91. The van der Waals surface area contributed by atoms with E-state index in [-0.39, 0.29) is 5.78 Å². The van der Waals surface area contributed by atoms with E-state index in [9.17, 15) is 4.79 Å². The third-order valence-corrected chi connectivity index (χ3v) is 4.55. The van der Waals surface area contributed by atoms with Gasteiger partial charge in [-0.05, 0) is 46.9 Å². The molecule has 0 unspecified atom stereocenters. The van der Waals surface area contributed by atoms with Gasteiger partial charge in [0.05, 0.1) is 11.4 Å². The highest BCUT2D eigenvalue weighted by Crippen LogP contribution is 2.23. The van der Waals surface area contributed by atoms with Gasteiger partial charge in [0.2, 0.25) is 0 Å². The predicted molar refractivity (Wildman–Crippen MR) is 70.3 cm³/mol. The van der Waals surface area contributed by atoms with E-state index in [1.807, 2.05) is 11.4 Å². The standard InChI is InChI=1S/C11H15BrN2OS/c12-9-2-7-16-11(9)10(15)8-14-5-1-3-13-4-6-14/h2,7,13H,1,3-6,8H2. The Kier molecular flexibility index (Phi) is 4.52. The van der Waals surface area contributed by atoms with E-state index in [1.165, 1.54) is 11.3 Å². The molecule has 0 atom stereocenters. The fraction of sp³-hybridized carbons (Fsp3) is 0.545. The lowest BCUT2D eigenvalue weighted by atomic mass is 10.3. The minimum atomic E-state index is 0.226. The van der Waals surface area contributed by atoms with Gasteiger partial charge in [0.15, 0.2) is 5.78 Å². The van der Waals surface area contributed by atoms with Crippen LogP contribution in [-0.4, -0.2) is 43.4 Å². The lowest BCUT2D eigenvalue weighted by Crippen LogP contribution is -2.32. The van der Waals surface area contributed by atoms with Crippen LogP contribution in [0.15, 0.2) is 15.9 Å². The van der Waals surface area contributed by atoms with Gasteiger partial charge in [0, 0.05) is 17.6 Å². The number of hydrogen-bond donors (Lipinski definition) is 1. The van der Waals surface area contributed by atoms with Crippen LogP contribution in [0.1, 0.15) is 16.1 Å². The molecule has 16 heavy (non-hydrogen) atoms. The summed E-state index contributed by atoms with van der Waals surface area (Å²) < 4.78 is 0.926. The molecular weight excluding hydrogens is 288 g/mol. The summed E-state index contributed by atoms with van der Waals surface area (Å²) in [5.74, 6) is 0.226. The summed E-state index contributed by atoms with van der Waals surface area (Å²) in [6.07, 6.45) is 1.12. The summed E-state index contributed by atoms with van der Waals surface area (Å²) in [5, 5.41) is 5.28. The van der Waals surface area contributed by atoms with Gasteiger partial charge < -0.3 is 5.32 Å². The molecule has 0 saturated carbocycles. The zero-order chi connectivity index (χ0) is 11.4. The van der Waals surface area contributed by atoms with Crippen molar-refractivity contribution in [3.05, 3.63) is 20.8 Å². The molecule has 0 amide bonds. The fourth-order valence-corrected chi connectivity index (χ4v) is 3.35. The second-order valence-electron chi connectivity index (χ2n) is 3.90. The first kappa shape index (κ1) is 12.2. The first-order chi connectivity index (χ1) is 7.77. The zero-order valence-corrected chi connectivity index (χ0v) is 11.4. The van der Waals surface area contributed by atoms with Gasteiger partial charge in [-0.3, -0.25) is 9.69 Å². The quantitative estimate of drug-likeness (QED) is 0.867. The molecule has 5 heteroatoms. The Bertz CT molecular complexity index is 359. The summed E-state index contributed by atoms with van der Waals surface area (Å²) in [7, 11) is 0. The number of nitrogens with zero attached hydrogens (tertiary/aromatic N) is 1. The van der Waals surface area contributed by atoms with Crippen molar-refractivity contribution in [2.24, 2.45) is 0 Å². The highest BCUT2D eigenvalue weighted by Gasteiger charge is 2.16. The highest BCUT2D eigenvalue weighted by molar-refractivity contribution is 9.10. The molecule has 0 aromatic carbocycles. The molecule has 88 valence electrons. The summed E-state index contributed by atoms with van der Waals surface area (Å²) in [5.41, 5.74) is 0. The number of rotatable bonds is 3. The van der Waals surface area contributed by atoms with Crippen LogP contribution in [0.5, 0.6) is 0 Å². The summed E-state index contributed by atoms with van der Waals surface area (Å²) >= 11 is 4.92. The number of hydrogen-bond acceptors (Lipinski definition) is 4. The van der Waals surface area contributed by atoms with Crippen LogP contribution in [0.3, 0.4) is 0 Å². The topological polar surface area (TPSA) is 32.3 Å². The fourth-order valence-electron chi connectivity index (χ4n) is 1.83. The lowest BCUT2D eigenvalue weighted by Gasteiger charge is -2.17. The molecule has 1 aliphatic heterocycles. The van der Waals surface area contributed by atoms with E-state index in [0.29, 0.717) is 6.54 Å². The third kappa shape index (κ3) is 3.13. The van der Waals surface area contributed by atoms with Crippen molar-refractivity contribution < 1.29 is 4.79 Å². The van der Waals surface area contributed by atoms with E-state index >= 15 is 0 Å². The number of carbonyl (C=O) groups excluding carboxylic acids is 1. The monoisotopic (exact) mass is 302 g/mol. The average molecular weight is 303 g/mol. The van der Waals surface area contributed by atoms with Gasteiger partial charge >= 0.3 is 0 Å². The Morgan fingerprint density at radius 3 is 3.12 bits per heavy atom. The van der Waals surface area contributed by atoms with E-state index < -0.39 is 0 Å². The van der Waals surface area contributed by atoms with Gasteiger partial charge in [0.1, 0.15) is 0 Å². The van der Waals surface area contributed by atoms with Gasteiger partial charge in [-0.2, -0.15) is 0 Å². The molecule has 1 N–H and O–H groups in total. The Labute approximate surface area is 108 Å². The highest BCUT2D eigenvalue weighted by atomic mass is 79.9. The van der Waals surface area contributed by atoms with Crippen LogP contribution in [0.4, 0.5) is 0 Å². The smallest absolute Gasteiger partial charge is 0.187 e. The molecule has 2 heterocycles. The van der Waals surface area contributed by atoms with Crippen LogP contribution in [0.25, 0.3) is 0 Å². The van der Waals surface area contributed by atoms with Crippen LogP contribution in [0, 0.1) is 0 Å². The van der Waals surface area contributed by atoms with E-state index in [2.05, 4.69) is 26.1 Å². The van der Waals surface area contributed by atoms with Gasteiger partial charge in [0.25, 0.3) is 0 Å². The number of thiophene rings is 1. The molecule has 3 nitrogen and oxygen atoms in total. The molecule has 0 radical (unpaired) electrons. The molecule has 1 aliphatic rings. The SMILES string of the molecule is O=C(CN1CCCNCC1)c1sccc1Br. The minimum Gasteiger partial charge on any atom is -0.315 e. The normalized spacial score (nSPS) is 18.3. The largest absolute Gasteiger partial charge is 0.315 e. The molecule has 0 spiro atoms. The molecule has 1 aromatic heterocycles. The number of carbonyl (C=O) groups is 1. The van der Waals surface area contributed by atoms with Crippen LogP contribution in [-0.2, 0) is 0 Å². The number of halogens is 1. The molecule has 0 bridgehead atoms. The van der Waals surface area contributed by atoms with Crippen molar-refractivity contribution in [3.63, 3.8) is 0 Å². The maximum Gasteiger partial charge on any atom is 0.187 e. The Hall–Kier alpha value is -0.230. The van der Waals surface area contributed by atoms with Gasteiger partial charge in [-0.15, -0.1) is 11.3 Å². The average Bonchev–Trinajstić information content (AvgIpc) is 2.53. The number of ketones is 1. The molecule has 2 rings (SSSR count). The maximum atomic E-state index is 12.0. The second-order valence-corrected chi connectivity index (χ2v) is 5.67. The summed E-state index contributed by atoms with van der Waals surface area (Å²) in [6.45, 7) is 4.57. The maximum absolute atomic E-state index is 12.0. The first-order valence-electron chi connectivity index (χ1n) is 5.46. The van der Waals surface area contributed by atoms with Crippen LogP contribution < -0.4 is 5.32 Å². The van der Waals surface area contributed by atoms with Gasteiger partial charge in [-0.25, -0.2) is 0 Å². The Balaban J connectivity index is 1.93. The number of nitrogens with one attached hydrogen (secondary N) is 1. The van der Waals surface area contributed by atoms with E-state index in [0.717, 1.165) is 41.9 Å². The predicted octanol–water partition coefficient (Wildman–Crippen LogP) is 1.99. The summed E-state index contributed by atoms with van der Waals surface area (Å²) in [4.78, 5) is 15.1. The molecule has 1 fully saturated rings. The first-order valence-corrected chi connectivity index (χ1v) is 7.14. The zero-order valence-electron chi connectivity index (χ0n) is 9.04.